The minimum atomic E-state index is 0.271. The number of rotatable bonds is 8. The average molecular weight is 379 g/mol. The first kappa shape index (κ1) is 17.8. The van der Waals surface area contributed by atoms with E-state index in [1.54, 1.807) is 13.3 Å². The van der Waals surface area contributed by atoms with Gasteiger partial charge in [0.2, 0.25) is 12.7 Å². The van der Waals surface area contributed by atoms with E-state index in [9.17, 15) is 0 Å². The van der Waals surface area contributed by atoms with Crippen LogP contribution >= 0.6 is 0 Å². The lowest BCUT2D eigenvalue weighted by Gasteiger charge is -2.08. The molecule has 2 heterocycles. The van der Waals surface area contributed by atoms with Gasteiger partial charge in [0, 0.05) is 13.1 Å². The molecular formula is C20H21N5O3. The van der Waals surface area contributed by atoms with Crippen LogP contribution in [0.1, 0.15) is 11.1 Å². The van der Waals surface area contributed by atoms with Gasteiger partial charge in [-0.25, -0.2) is 0 Å². The van der Waals surface area contributed by atoms with Crippen molar-refractivity contribution >= 4 is 11.8 Å². The fourth-order valence-corrected chi connectivity index (χ4v) is 2.82. The Kier molecular flexibility index (Phi) is 5.37. The number of nitrogens with zero attached hydrogens (tertiary/aromatic N) is 3. The highest BCUT2D eigenvalue weighted by atomic mass is 16.7. The van der Waals surface area contributed by atoms with Crippen molar-refractivity contribution in [3.8, 4) is 17.2 Å². The molecule has 2 N–H and O–H groups in total. The molecule has 28 heavy (non-hydrogen) atoms. The Hall–Kier alpha value is -3.55. The van der Waals surface area contributed by atoms with E-state index in [0.29, 0.717) is 24.9 Å². The van der Waals surface area contributed by atoms with Crippen molar-refractivity contribution in [2.45, 2.75) is 13.0 Å². The van der Waals surface area contributed by atoms with Gasteiger partial charge >= 0.3 is 0 Å². The predicted octanol–water partition coefficient (Wildman–Crippen LogP) is 2.88. The zero-order valence-electron chi connectivity index (χ0n) is 15.5. The van der Waals surface area contributed by atoms with Gasteiger partial charge in [0.25, 0.3) is 0 Å². The van der Waals surface area contributed by atoms with Crippen LogP contribution in [0.5, 0.6) is 17.2 Å². The second kappa shape index (κ2) is 8.43. The lowest BCUT2D eigenvalue weighted by Crippen LogP contribution is -2.10. The van der Waals surface area contributed by atoms with Crippen LogP contribution in [0.15, 0.2) is 48.7 Å². The number of nitrogens with one attached hydrogen (secondary N) is 2. The number of benzene rings is 2. The van der Waals surface area contributed by atoms with Crippen molar-refractivity contribution in [2.75, 3.05) is 31.1 Å². The van der Waals surface area contributed by atoms with Crippen molar-refractivity contribution in [1.29, 1.82) is 0 Å². The Balaban J connectivity index is 1.28. The first-order chi connectivity index (χ1) is 13.8. The molecular weight excluding hydrogens is 358 g/mol. The number of ether oxygens (including phenoxy) is 3. The molecule has 3 aromatic rings. The van der Waals surface area contributed by atoms with Gasteiger partial charge in [-0.1, -0.05) is 18.2 Å². The van der Waals surface area contributed by atoms with Crippen LogP contribution < -0.4 is 24.8 Å². The van der Waals surface area contributed by atoms with Crippen molar-refractivity contribution in [3.05, 3.63) is 59.8 Å². The standard InChI is InChI=1S/C20H21N5O3/c1-26-16-5-2-14(3-6-16)8-9-21-20-24-19(12-23-25-20)22-11-15-4-7-17-18(10-15)28-13-27-17/h2-7,10,12H,8-9,11,13H2,1H3,(H2,21,22,24,25). The van der Waals surface area contributed by atoms with Crippen molar-refractivity contribution in [3.63, 3.8) is 0 Å². The van der Waals surface area contributed by atoms with Gasteiger partial charge in [-0.3, -0.25) is 0 Å². The highest BCUT2D eigenvalue weighted by molar-refractivity contribution is 5.46. The number of fused-ring (bicyclic) bond motifs is 1. The number of hydrogen-bond donors (Lipinski definition) is 2. The smallest absolute Gasteiger partial charge is 0.244 e. The monoisotopic (exact) mass is 379 g/mol. The summed E-state index contributed by atoms with van der Waals surface area (Å²) in [5.41, 5.74) is 2.27. The maximum Gasteiger partial charge on any atom is 0.244 e. The summed E-state index contributed by atoms with van der Waals surface area (Å²) in [7, 11) is 1.66. The van der Waals surface area contributed by atoms with E-state index >= 15 is 0 Å². The summed E-state index contributed by atoms with van der Waals surface area (Å²) in [6.07, 6.45) is 2.45. The van der Waals surface area contributed by atoms with Crippen LogP contribution in [0.2, 0.25) is 0 Å². The molecule has 1 aliphatic rings. The van der Waals surface area contributed by atoms with Crippen molar-refractivity contribution in [1.82, 2.24) is 15.2 Å². The number of aromatic nitrogens is 3. The molecule has 1 aromatic heterocycles. The Morgan fingerprint density at radius 3 is 2.68 bits per heavy atom. The molecule has 8 nitrogen and oxygen atoms in total. The van der Waals surface area contributed by atoms with Crippen LogP contribution in [0, 0.1) is 0 Å². The molecule has 8 heteroatoms. The van der Waals surface area contributed by atoms with E-state index in [0.717, 1.165) is 29.2 Å². The fourth-order valence-electron chi connectivity index (χ4n) is 2.82. The fraction of sp³-hybridized carbons (Fsp3) is 0.250. The molecule has 0 unspecified atom stereocenters. The van der Waals surface area contributed by atoms with Crippen LogP contribution in [0.3, 0.4) is 0 Å². The summed E-state index contributed by atoms with van der Waals surface area (Å²) in [5.74, 6) is 3.53. The molecule has 0 bridgehead atoms. The number of methoxy groups -OCH3 is 1. The van der Waals surface area contributed by atoms with Gasteiger partial charge in [0.15, 0.2) is 17.3 Å². The molecule has 0 saturated heterocycles. The average Bonchev–Trinajstić information content (AvgIpc) is 3.21. The molecule has 0 atom stereocenters. The SMILES string of the molecule is COc1ccc(CCNc2nncc(NCc3ccc4c(c3)OCO4)n2)cc1. The van der Waals surface area contributed by atoms with Crippen LogP contribution in [-0.4, -0.2) is 35.6 Å². The second-order valence-electron chi connectivity index (χ2n) is 6.23. The van der Waals surface area contributed by atoms with E-state index in [1.807, 2.05) is 42.5 Å². The zero-order valence-corrected chi connectivity index (χ0v) is 15.5. The number of anilines is 2. The molecule has 0 saturated carbocycles. The molecule has 0 aliphatic carbocycles. The molecule has 0 fully saturated rings. The van der Waals surface area contributed by atoms with Gasteiger partial charge < -0.3 is 24.8 Å². The summed E-state index contributed by atoms with van der Waals surface area (Å²) in [6.45, 7) is 1.58. The summed E-state index contributed by atoms with van der Waals surface area (Å²) < 4.78 is 15.9. The largest absolute Gasteiger partial charge is 0.497 e. The van der Waals surface area contributed by atoms with E-state index in [-0.39, 0.29) is 6.79 Å². The normalized spacial score (nSPS) is 11.9. The Bertz CT molecular complexity index is 933. The van der Waals surface area contributed by atoms with E-state index in [2.05, 4.69) is 25.8 Å². The van der Waals surface area contributed by atoms with Gasteiger partial charge in [-0.2, -0.15) is 10.1 Å². The minimum Gasteiger partial charge on any atom is -0.497 e. The summed E-state index contributed by atoms with van der Waals surface area (Å²) in [6, 6.07) is 13.8. The Morgan fingerprint density at radius 1 is 1.00 bits per heavy atom. The molecule has 1 aliphatic heterocycles. The van der Waals surface area contributed by atoms with Crippen molar-refractivity contribution in [2.24, 2.45) is 0 Å². The first-order valence-corrected chi connectivity index (χ1v) is 8.99. The molecule has 0 amide bonds. The minimum absolute atomic E-state index is 0.271. The van der Waals surface area contributed by atoms with Gasteiger partial charge in [-0.05, 0) is 41.8 Å². The lowest BCUT2D eigenvalue weighted by molar-refractivity contribution is 0.174. The van der Waals surface area contributed by atoms with Crippen LogP contribution in [-0.2, 0) is 13.0 Å². The predicted molar refractivity (Wildman–Crippen MR) is 105 cm³/mol. The van der Waals surface area contributed by atoms with E-state index < -0.39 is 0 Å². The van der Waals surface area contributed by atoms with E-state index in [4.69, 9.17) is 14.2 Å². The summed E-state index contributed by atoms with van der Waals surface area (Å²) in [5, 5.41) is 14.5. The topological polar surface area (TPSA) is 90.4 Å². The highest BCUT2D eigenvalue weighted by Gasteiger charge is 2.13. The molecule has 0 radical (unpaired) electrons. The van der Waals surface area contributed by atoms with Gasteiger partial charge in [0.1, 0.15) is 5.75 Å². The molecule has 4 rings (SSSR count). The molecule has 2 aromatic carbocycles. The highest BCUT2D eigenvalue weighted by Crippen LogP contribution is 2.32. The zero-order chi connectivity index (χ0) is 19.2. The summed E-state index contributed by atoms with van der Waals surface area (Å²) in [4.78, 5) is 4.45. The van der Waals surface area contributed by atoms with E-state index in [1.165, 1.54) is 5.56 Å². The third-order valence-corrected chi connectivity index (χ3v) is 4.33. The first-order valence-electron chi connectivity index (χ1n) is 8.99. The molecule has 0 spiro atoms. The lowest BCUT2D eigenvalue weighted by atomic mass is 10.1. The quantitative estimate of drug-likeness (QED) is 0.617. The van der Waals surface area contributed by atoms with Crippen LogP contribution in [0.25, 0.3) is 0 Å². The van der Waals surface area contributed by atoms with Crippen LogP contribution in [0.4, 0.5) is 11.8 Å². The third-order valence-electron chi connectivity index (χ3n) is 4.33. The maximum atomic E-state index is 5.40. The maximum absolute atomic E-state index is 5.40. The Morgan fingerprint density at radius 2 is 1.82 bits per heavy atom. The van der Waals surface area contributed by atoms with Gasteiger partial charge in [0.05, 0.1) is 13.3 Å². The van der Waals surface area contributed by atoms with Crippen molar-refractivity contribution < 1.29 is 14.2 Å². The second-order valence-corrected chi connectivity index (χ2v) is 6.23. The third kappa shape index (κ3) is 4.40. The van der Waals surface area contributed by atoms with Gasteiger partial charge in [-0.15, -0.1) is 5.10 Å². The number of hydrogen-bond acceptors (Lipinski definition) is 8. The Labute approximate surface area is 162 Å². The molecule has 144 valence electrons. The summed E-state index contributed by atoms with van der Waals surface area (Å²) >= 11 is 0.